The predicted molar refractivity (Wildman–Crippen MR) is 101 cm³/mol. The van der Waals surface area contributed by atoms with Gasteiger partial charge in [0.05, 0.1) is 17.8 Å². The first-order chi connectivity index (χ1) is 12.4. The van der Waals surface area contributed by atoms with Gasteiger partial charge in [0.15, 0.2) is 21.3 Å². The number of allylic oxidation sites excluding steroid dienone is 1. The number of benzene rings is 2. The van der Waals surface area contributed by atoms with Crippen molar-refractivity contribution in [2.24, 2.45) is 0 Å². The van der Waals surface area contributed by atoms with Gasteiger partial charge >= 0.3 is 6.09 Å². The molecule has 2 rings (SSSR count). The van der Waals surface area contributed by atoms with E-state index in [-0.39, 0.29) is 16.4 Å². The van der Waals surface area contributed by atoms with Gasteiger partial charge < -0.3 is 9.47 Å². The van der Waals surface area contributed by atoms with Crippen LogP contribution in [0.15, 0.2) is 60.0 Å². The molecule has 1 N–H and O–H groups in total. The van der Waals surface area contributed by atoms with Crippen molar-refractivity contribution in [3.63, 3.8) is 0 Å². The van der Waals surface area contributed by atoms with E-state index in [1.165, 1.54) is 31.4 Å². The van der Waals surface area contributed by atoms with Gasteiger partial charge in [-0.1, -0.05) is 19.1 Å². The molecule has 0 unspecified atom stereocenters. The maximum atomic E-state index is 12.1. The quantitative estimate of drug-likeness (QED) is 0.744. The maximum Gasteiger partial charge on any atom is 0.417 e. The second-order valence-electron chi connectivity index (χ2n) is 5.42. The second kappa shape index (κ2) is 8.53. The van der Waals surface area contributed by atoms with Crippen LogP contribution in [0.1, 0.15) is 12.5 Å². The minimum atomic E-state index is -3.28. The summed E-state index contributed by atoms with van der Waals surface area (Å²) in [4.78, 5) is 12.3. The Balaban J connectivity index is 2.08. The first kappa shape index (κ1) is 19.5. The molecular weight excluding hydrogens is 354 g/mol. The van der Waals surface area contributed by atoms with Crippen molar-refractivity contribution in [1.82, 2.24) is 0 Å². The van der Waals surface area contributed by atoms with Crippen molar-refractivity contribution in [3.8, 4) is 11.5 Å². The minimum absolute atomic E-state index is 0.0173. The van der Waals surface area contributed by atoms with Gasteiger partial charge in [-0.2, -0.15) is 0 Å². The average Bonchev–Trinajstić information content (AvgIpc) is 2.63. The fourth-order valence-corrected chi connectivity index (χ4v) is 3.13. The lowest BCUT2D eigenvalue weighted by Gasteiger charge is -2.11. The SMILES string of the molecule is C=CCc1ccc(OC(=O)Nc2ccc(S(=O)(=O)CC)cc2)c(OC)c1. The molecule has 0 bridgehead atoms. The average molecular weight is 375 g/mol. The van der Waals surface area contributed by atoms with Gasteiger partial charge in [-0.3, -0.25) is 5.32 Å². The Labute approximate surface area is 153 Å². The molecular formula is C19H21NO5S. The van der Waals surface area contributed by atoms with Gasteiger partial charge in [-0.05, 0) is 48.4 Å². The summed E-state index contributed by atoms with van der Waals surface area (Å²) in [6.07, 6.45) is 1.74. The molecule has 1 amide bonds. The maximum absolute atomic E-state index is 12.1. The first-order valence-corrected chi connectivity index (χ1v) is 9.64. The number of carbonyl (C=O) groups excluding carboxylic acids is 1. The van der Waals surface area contributed by atoms with Crippen molar-refractivity contribution in [2.75, 3.05) is 18.2 Å². The summed E-state index contributed by atoms with van der Waals surface area (Å²) in [6, 6.07) is 11.1. The molecule has 6 nitrogen and oxygen atoms in total. The molecule has 2 aromatic carbocycles. The van der Waals surface area contributed by atoms with Crippen LogP contribution >= 0.6 is 0 Å². The molecule has 0 heterocycles. The molecule has 0 aliphatic rings. The summed E-state index contributed by atoms with van der Waals surface area (Å²) in [5.41, 5.74) is 1.41. The summed E-state index contributed by atoms with van der Waals surface area (Å²) < 4.78 is 34.1. The summed E-state index contributed by atoms with van der Waals surface area (Å²) in [5, 5.41) is 2.55. The number of rotatable bonds is 7. The molecule has 0 aliphatic carbocycles. The van der Waals surface area contributed by atoms with E-state index in [0.717, 1.165) is 5.56 Å². The molecule has 2 aromatic rings. The molecule has 0 saturated heterocycles. The Kier molecular flexibility index (Phi) is 6.41. The van der Waals surface area contributed by atoms with Crippen LogP contribution in [0.2, 0.25) is 0 Å². The number of nitrogens with one attached hydrogen (secondary N) is 1. The molecule has 0 saturated carbocycles. The lowest BCUT2D eigenvalue weighted by molar-refractivity contribution is 0.213. The van der Waals surface area contributed by atoms with Gasteiger partial charge in [0.2, 0.25) is 0 Å². The number of sulfone groups is 1. The summed E-state index contributed by atoms with van der Waals surface area (Å²) in [7, 11) is -1.79. The molecule has 0 aliphatic heterocycles. The Hall–Kier alpha value is -2.80. The van der Waals surface area contributed by atoms with Crippen LogP contribution in [-0.2, 0) is 16.3 Å². The lowest BCUT2D eigenvalue weighted by Crippen LogP contribution is -2.17. The number of hydrogen-bond acceptors (Lipinski definition) is 5. The van der Waals surface area contributed by atoms with Crippen molar-refractivity contribution in [2.45, 2.75) is 18.2 Å². The van der Waals surface area contributed by atoms with Crippen LogP contribution in [0.5, 0.6) is 11.5 Å². The normalized spacial score (nSPS) is 10.8. The number of hydrogen-bond donors (Lipinski definition) is 1. The Morgan fingerprint density at radius 3 is 2.42 bits per heavy atom. The fourth-order valence-electron chi connectivity index (χ4n) is 2.25. The third-order valence-corrected chi connectivity index (χ3v) is 5.40. The summed E-state index contributed by atoms with van der Waals surface area (Å²) in [6.45, 7) is 5.26. The van der Waals surface area contributed by atoms with Gasteiger partial charge in [0, 0.05) is 5.69 Å². The number of amides is 1. The fraction of sp³-hybridized carbons (Fsp3) is 0.211. The molecule has 0 atom stereocenters. The van der Waals surface area contributed by atoms with E-state index < -0.39 is 15.9 Å². The Bertz CT molecular complexity index is 889. The van der Waals surface area contributed by atoms with Crippen LogP contribution in [0.3, 0.4) is 0 Å². The highest BCUT2D eigenvalue weighted by Crippen LogP contribution is 2.28. The van der Waals surface area contributed by atoms with Gasteiger partial charge in [-0.15, -0.1) is 6.58 Å². The molecule has 0 radical (unpaired) electrons. The van der Waals surface area contributed by atoms with Crippen molar-refractivity contribution in [1.29, 1.82) is 0 Å². The van der Waals surface area contributed by atoms with Crippen LogP contribution < -0.4 is 14.8 Å². The zero-order valence-corrected chi connectivity index (χ0v) is 15.5. The highest BCUT2D eigenvalue weighted by Gasteiger charge is 2.13. The van der Waals surface area contributed by atoms with E-state index >= 15 is 0 Å². The number of carbonyl (C=O) groups is 1. The van der Waals surface area contributed by atoms with Gasteiger partial charge in [0.25, 0.3) is 0 Å². The number of ether oxygens (including phenoxy) is 2. The van der Waals surface area contributed by atoms with Crippen molar-refractivity contribution in [3.05, 3.63) is 60.7 Å². The number of anilines is 1. The van der Waals surface area contributed by atoms with E-state index in [9.17, 15) is 13.2 Å². The van der Waals surface area contributed by atoms with Crippen LogP contribution in [0, 0.1) is 0 Å². The third-order valence-electron chi connectivity index (χ3n) is 3.65. The predicted octanol–water partition coefficient (Wildman–Crippen LogP) is 3.83. The van der Waals surface area contributed by atoms with Gasteiger partial charge in [0.1, 0.15) is 0 Å². The zero-order chi connectivity index (χ0) is 19.2. The monoisotopic (exact) mass is 375 g/mol. The Morgan fingerprint density at radius 1 is 1.15 bits per heavy atom. The second-order valence-corrected chi connectivity index (χ2v) is 7.70. The highest BCUT2D eigenvalue weighted by molar-refractivity contribution is 7.91. The van der Waals surface area contributed by atoms with E-state index in [1.54, 1.807) is 25.1 Å². The van der Waals surface area contributed by atoms with Gasteiger partial charge in [-0.25, -0.2) is 13.2 Å². The smallest absolute Gasteiger partial charge is 0.417 e. The molecule has 0 spiro atoms. The van der Waals surface area contributed by atoms with E-state index in [0.29, 0.717) is 17.9 Å². The van der Waals surface area contributed by atoms with Crippen LogP contribution in [0.25, 0.3) is 0 Å². The molecule has 26 heavy (non-hydrogen) atoms. The van der Waals surface area contributed by atoms with E-state index in [2.05, 4.69) is 11.9 Å². The highest BCUT2D eigenvalue weighted by atomic mass is 32.2. The molecule has 138 valence electrons. The zero-order valence-electron chi connectivity index (χ0n) is 14.7. The standard InChI is InChI=1S/C19H21NO5S/c1-4-6-14-7-12-17(18(13-14)24-3)25-19(21)20-15-8-10-16(11-9-15)26(22,23)5-2/h4,7-13H,1,5-6H2,2-3H3,(H,20,21). The summed E-state index contributed by atoms with van der Waals surface area (Å²) >= 11 is 0. The topological polar surface area (TPSA) is 81.7 Å². The van der Waals surface area contributed by atoms with E-state index in [1.807, 2.05) is 6.07 Å². The molecule has 0 aromatic heterocycles. The molecule has 0 fully saturated rings. The first-order valence-electron chi connectivity index (χ1n) is 7.99. The third kappa shape index (κ3) is 4.86. The Morgan fingerprint density at radius 2 is 1.85 bits per heavy atom. The largest absolute Gasteiger partial charge is 0.493 e. The minimum Gasteiger partial charge on any atom is -0.493 e. The number of methoxy groups -OCH3 is 1. The van der Waals surface area contributed by atoms with Crippen LogP contribution in [-0.4, -0.2) is 27.4 Å². The lowest BCUT2D eigenvalue weighted by atomic mass is 10.1. The van der Waals surface area contributed by atoms with E-state index in [4.69, 9.17) is 9.47 Å². The molecule has 7 heteroatoms. The summed E-state index contributed by atoms with van der Waals surface area (Å²) in [5.74, 6) is 0.732. The van der Waals surface area contributed by atoms with Crippen LogP contribution in [0.4, 0.5) is 10.5 Å². The van der Waals surface area contributed by atoms with Crippen molar-refractivity contribution >= 4 is 21.6 Å². The van der Waals surface area contributed by atoms with Crippen molar-refractivity contribution < 1.29 is 22.7 Å².